The molecule has 150 valence electrons. The molecule has 0 unspecified atom stereocenters. The van der Waals surface area contributed by atoms with Gasteiger partial charge in [0.05, 0.1) is 18.7 Å². The van der Waals surface area contributed by atoms with Crippen LogP contribution in [0.25, 0.3) is 0 Å². The molecule has 30 heavy (non-hydrogen) atoms. The van der Waals surface area contributed by atoms with Gasteiger partial charge in [-0.15, -0.1) is 0 Å². The second-order valence-corrected chi connectivity index (χ2v) is 6.84. The van der Waals surface area contributed by atoms with Gasteiger partial charge in [-0.25, -0.2) is 14.8 Å². The molecule has 0 aliphatic carbocycles. The predicted molar refractivity (Wildman–Crippen MR) is 112 cm³/mol. The van der Waals surface area contributed by atoms with Crippen molar-refractivity contribution < 1.29 is 14.3 Å². The second-order valence-electron chi connectivity index (χ2n) is 6.84. The van der Waals surface area contributed by atoms with Crippen LogP contribution in [0.5, 0.6) is 5.75 Å². The van der Waals surface area contributed by atoms with Crippen LogP contribution < -0.4 is 10.1 Å². The molecule has 1 aliphatic rings. The van der Waals surface area contributed by atoms with E-state index in [1.54, 1.807) is 19.5 Å². The number of carbonyl (C=O) groups is 1. The Morgan fingerprint density at radius 1 is 1.03 bits per heavy atom. The number of amides is 1. The number of cyclic esters (lactones) is 1. The largest absolute Gasteiger partial charge is 0.497 e. The first kappa shape index (κ1) is 19.5. The molecule has 1 saturated heterocycles. The maximum Gasteiger partial charge on any atom is 0.408 e. The van der Waals surface area contributed by atoms with Crippen molar-refractivity contribution in [1.82, 2.24) is 15.3 Å². The molecular formula is C24H21N3O3. The molecule has 1 N–H and O–H groups in total. The summed E-state index contributed by atoms with van der Waals surface area (Å²) >= 11 is 0. The van der Waals surface area contributed by atoms with Gasteiger partial charge >= 0.3 is 6.09 Å². The quantitative estimate of drug-likeness (QED) is 0.672. The minimum Gasteiger partial charge on any atom is -0.497 e. The third-order valence-electron chi connectivity index (χ3n) is 4.85. The number of carbonyl (C=O) groups excluding carboxylic acids is 1. The smallest absolute Gasteiger partial charge is 0.408 e. The lowest BCUT2D eigenvalue weighted by molar-refractivity contribution is 0.132. The Kier molecular flexibility index (Phi) is 5.62. The molecule has 1 aliphatic heterocycles. The third kappa shape index (κ3) is 4.26. The maximum atomic E-state index is 12.0. The Hall–Kier alpha value is -3.85. The van der Waals surface area contributed by atoms with Gasteiger partial charge in [0.1, 0.15) is 11.6 Å². The Morgan fingerprint density at radius 3 is 2.53 bits per heavy atom. The molecule has 4 rings (SSSR count). The average molecular weight is 399 g/mol. The average Bonchev–Trinajstić information content (AvgIpc) is 3.20. The molecule has 0 radical (unpaired) electrons. The van der Waals surface area contributed by atoms with Crippen LogP contribution in [0.2, 0.25) is 0 Å². The Labute approximate surface area is 175 Å². The van der Waals surface area contributed by atoms with Gasteiger partial charge in [-0.1, -0.05) is 43.0 Å². The monoisotopic (exact) mass is 399 g/mol. The van der Waals surface area contributed by atoms with Crippen molar-refractivity contribution >= 4 is 6.09 Å². The van der Waals surface area contributed by atoms with Crippen molar-refractivity contribution in [3.63, 3.8) is 0 Å². The van der Waals surface area contributed by atoms with Gasteiger partial charge in [-0.2, -0.15) is 0 Å². The van der Waals surface area contributed by atoms with Crippen LogP contribution in [0, 0.1) is 11.8 Å². The molecule has 6 heteroatoms. The van der Waals surface area contributed by atoms with Crippen LogP contribution in [-0.2, 0) is 11.2 Å². The molecule has 0 saturated carbocycles. The Morgan fingerprint density at radius 2 is 1.77 bits per heavy atom. The summed E-state index contributed by atoms with van der Waals surface area (Å²) in [6, 6.07) is 15.0. The zero-order chi connectivity index (χ0) is 20.9. The van der Waals surface area contributed by atoms with Crippen LogP contribution in [-0.4, -0.2) is 23.2 Å². The van der Waals surface area contributed by atoms with Crippen molar-refractivity contribution in [2.24, 2.45) is 0 Å². The molecule has 6 nitrogen and oxygen atoms in total. The van der Waals surface area contributed by atoms with E-state index in [9.17, 15) is 4.79 Å². The lowest BCUT2D eigenvalue weighted by Gasteiger charge is -2.18. The first-order valence-electron chi connectivity index (χ1n) is 9.70. The highest BCUT2D eigenvalue weighted by molar-refractivity contribution is 5.71. The number of methoxy groups -OCH3 is 1. The van der Waals surface area contributed by atoms with Gasteiger partial charge in [-0.3, -0.25) is 0 Å². The fraction of sp³-hybridized carbons (Fsp3) is 0.208. The fourth-order valence-electron chi connectivity index (χ4n) is 3.31. The Bertz CT molecular complexity index is 1120. The van der Waals surface area contributed by atoms with Crippen molar-refractivity contribution in [2.75, 3.05) is 7.11 Å². The van der Waals surface area contributed by atoms with E-state index < -0.39 is 12.2 Å². The number of aryl methyl sites for hydroxylation is 1. The summed E-state index contributed by atoms with van der Waals surface area (Å²) < 4.78 is 10.8. The SMILES string of the molecule is CCc1ncc(C#Cc2cccc([C@H]3NC(=O)O[C@@H]3c3cccc(OC)c3)c2)cn1. The maximum absolute atomic E-state index is 12.0. The van der Waals surface area contributed by atoms with E-state index in [0.717, 1.165) is 34.5 Å². The highest BCUT2D eigenvalue weighted by Crippen LogP contribution is 2.37. The molecule has 3 aromatic rings. The van der Waals surface area contributed by atoms with Crippen LogP contribution in [0.15, 0.2) is 60.9 Å². The highest BCUT2D eigenvalue weighted by atomic mass is 16.6. The summed E-state index contributed by atoms with van der Waals surface area (Å²) in [5, 5.41) is 2.90. The molecule has 2 heterocycles. The molecule has 2 aromatic carbocycles. The number of ether oxygens (including phenoxy) is 2. The number of hydrogen-bond donors (Lipinski definition) is 1. The van der Waals surface area contributed by atoms with E-state index in [0.29, 0.717) is 5.75 Å². The summed E-state index contributed by atoms with van der Waals surface area (Å²) in [5.41, 5.74) is 3.36. The zero-order valence-electron chi connectivity index (χ0n) is 16.8. The summed E-state index contributed by atoms with van der Waals surface area (Å²) in [5.74, 6) is 7.74. The minimum atomic E-state index is -0.453. The number of aromatic nitrogens is 2. The molecular weight excluding hydrogens is 378 g/mol. The number of alkyl carbamates (subject to hydrolysis) is 1. The van der Waals surface area contributed by atoms with E-state index in [1.165, 1.54) is 0 Å². The van der Waals surface area contributed by atoms with E-state index in [2.05, 4.69) is 27.1 Å². The predicted octanol–water partition coefficient (Wildman–Crippen LogP) is 3.97. The van der Waals surface area contributed by atoms with E-state index in [-0.39, 0.29) is 6.04 Å². The topological polar surface area (TPSA) is 73.3 Å². The van der Waals surface area contributed by atoms with Gasteiger partial charge in [0.25, 0.3) is 0 Å². The molecule has 0 spiro atoms. The van der Waals surface area contributed by atoms with E-state index in [4.69, 9.17) is 9.47 Å². The lowest BCUT2D eigenvalue weighted by Crippen LogP contribution is -2.19. The number of hydrogen-bond acceptors (Lipinski definition) is 5. The summed E-state index contributed by atoms with van der Waals surface area (Å²) in [7, 11) is 1.61. The van der Waals surface area contributed by atoms with E-state index in [1.807, 2.05) is 55.5 Å². The third-order valence-corrected chi connectivity index (χ3v) is 4.85. The van der Waals surface area contributed by atoms with Gasteiger partial charge in [0.2, 0.25) is 0 Å². The standard InChI is InChI=1S/C24H21N3O3/c1-3-21-25-14-17(15-26-21)11-10-16-6-4-7-18(12-16)22-23(30-24(28)27-22)19-8-5-9-20(13-19)29-2/h4-9,12-15,22-23H,3H2,1-2H3,(H,27,28)/t22-,23-/m1/s1. The van der Waals surface area contributed by atoms with Crippen LogP contribution >= 0.6 is 0 Å². The fourth-order valence-corrected chi connectivity index (χ4v) is 3.31. The van der Waals surface area contributed by atoms with Gasteiger partial charge in [0.15, 0.2) is 6.10 Å². The number of benzene rings is 2. The summed E-state index contributed by atoms with van der Waals surface area (Å²) in [6.07, 6.45) is 3.35. The molecule has 1 fully saturated rings. The van der Waals surface area contributed by atoms with Gasteiger partial charge < -0.3 is 14.8 Å². The number of nitrogens with one attached hydrogen (secondary N) is 1. The first-order valence-corrected chi connectivity index (χ1v) is 9.70. The van der Waals surface area contributed by atoms with Crippen molar-refractivity contribution in [3.05, 3.63) is 89.0 Å². The molecule has 0 bridgehead atoms. The first-order chi connectivity index (χ1) is 14.7. The zero-order valence-corrected chi connectivity index (χ0v) is 16.8. The molecule has 2 atom stereocenters. The molecule has 1 aromatic heterocycles. The Balaban J connectivity index is 1.60. The minimum absolute atomic E-state index is 0.321. The van der Waals surface area contributed by atoms with E-state index >= 15 is 0 Å². The second kappa shape index (κ2) is 8.66. The van der Waals surface area contributed by atoms with Gasteiger partial charge in [0, 0.05) is 24.4 Å². The normalized spacial score (nSPS) is 17.5. The lowest BCUT2D eigenvalue weighted by atomic mass is 9.95. The number of rotatable bonds is 4. The van der Waals surface area contributed by atoms with Crippen LogP contribution in [0.4, 0.5) is 4.79 Å². The van der Waals surface area contributed by atoms with Crippen LogP contribution in [0.3, 0.4) is 0 Å². The highest BCUT2D eigenvalue weighted by Gasteiger charge is 2.36. The van der Waals surface area contributed by atoms with Crippen molar-refractivity contribution in [2.45, 2.75) is 25.5 Å². The summed E-state index contributed by atoms with van der Waals surface area (Å²) in [4.78, 5) is 20.5. The number of nitrogens with zero attached hydrogens (tertiary/aromatic N) is 2. The summed E-state index contributed by atoms with van der Waals surface area (Å²) in [6.45, 7) is 2.01. The van der Waals surface area contributed by atoms with Crippen molar-refractivity contribution in [1.29, 1.82) is 0 Å². The van der Waals surface area contributed by atoms with Crippen molar-refractivity contribution in [3.8, 4) is 17.6 Å². The van der Waals surface area contributed by atoms with Gasteiger partial charge in [-0.05, 0) is 35.4 Å². The van der Waals surface area contributed by atoms with Crippen LogP contribution in [0.1, 0.15) is 47.1 Å². The molecule has 1 amide bonds.